The highest BCUT2D eigenvalue weighted by Gasteiger charge is 2.38. The molecule has 0 radical (unpaired) electrons. The molecule has 0 bridgehead atoms. The van der Waals surface area contributed by atoms with Crippen LogP contribution in [0.2, 0.25) is 10.0 Å². The van der Waals surface area contributed by atoms with Crippen LogP contribution in [0.5, 0.6) is 0 Å². The average molecular weight is 463 g/mol. The summed E-state index contributed by atoms with van der Waals surface area (Å²) >= 11 is 16.5. The molecular weight excluding hydrogens is 445 g/mol. The van der Waals surface area contributed by atoms with Gasteiger partial charge in [0.25, 0.3) is 0 Å². The maximum atomic E-state index is 9.21. The lowest BCUT2D eigenvalue weighted by atomic mass is 9.66. The minimum atomic E-state index is -0.653. The molecule has 3 rings (SSSR count). The third-order valence-electron chi connectivity index (χ3n) is 4.81. The molecule has 0 saturated heterocycles. The van der Waals surface area contributed by atoms with Crippen molar-refractivity contribution >= 4 is 45.3 Å². The second-order valence-corrected chi connectivity index (χ2v) is 8.11. The number of benzene rings is 3. The quantitative estimate of drug-likeness (QED) is 0.184. The van der Waals surface area contributed by atoms with E-state index in [0.717, 1.165) is 26.7 Å². The fourth-order valence-electron chi connectivity index (χ4n) is 3.58. The van der Waals surface area contributed by atoms with Crippen molar-refractivity contribution in [3.63, 3.8) is 0 Å². The second-order valence-electron chi connectivity index (χ2n) is 6.35. The van der Waals surface area contributed by atoms with Gasteiger partial charge in [-0.3, -0.25) is 0 Å². The molecule has 0 spiro atoms. The Hall–Kier alpha value is -1.81. The van der Waals surface area contributed by atoms with Gasteiger partial charge in [0, 0.05) is 27.2 Å². The molecule has 0 saturated carbocycles. The first-order valence-corrected chi connectivity index (χ1v) is 9.97. The Kier molecular flexibility index (Phi) is 6.25. The number of rotatable bonds is 5. The van der Waals surface area contributed by atoms with E-state index in [-0.39, 0.29) is 0 Å². The van der Waals surface area contributed by atoms with Gasteiger partial charge in [0.2, 0.25) is 0 Å². The average Bonchev–Trinajstić information content (AvgIpc) is 2.67. The summed E-state index contributed by atoms with van der Waals surface area (Å²) in [6.07, 6.45) is 1.93. The lowest BCUT2D eigenvalue weighted by Gasteiger charge is -2.37. The van der Waals surface area contributed by atoms with Crippen LogP contribution in [0.25, 0.3) is 0 Å². The van der Waals surface area contributed by atoms with Gasteiger partial charge in [-0.25, -0.2) is 0 Å². The van der Waals surface area contributed by atoms with Gasteiger partial charge in [-0.05, 0) is 59.5 Å². The summed E-state index contributed by atoms with van der Waals surface area (Å²) in [5, 5.41) is 13.7. The number of hydrogen-bond donors (Lipinski definition) is 1. The molecule has 3 aromatic carbocycles. The highest BCUT2D eigenvalue weighted by atomic mass is 79.9. The van der Waals surface area contributed by atoms with Crippen LogP contribution in [0.1, 0.15) is 28.7 Å². The number of oxime groups is 1. The third-order valence-corrected chi connectivity index (χ3v) is 5.90. The fraction of sp³-hybridized carbons (Fsp3) is 0.136. The Morgan fingerprint density at radius 2 is 1.70 bits per heavy atom. The van der Waals surface area contributed by atoms with Crippen molar-refractivity contribution in [3.8, 4) is 0 Å². The summed E-state index contributed by atoms with van der Waals surface area (Å²) in [5.74, 6) is 0. The molecule has 1 atom stereocenters. The van der Waals surface area contributed by atoms with Crippen molar-refractivity contribution < 1.29 is 5.21 Å². The van der Waals surface area contributed by atoms with Gasteiger partial charge in [0.1, 0.15) is 0 Å². The molecule has 0 amide bonds. The van der Waals surface area contributed by atoms with Crippen molar-refractivity contribution in [2.45, 2.75) is 18.8 Å². The fourth-order valence-corrected chi connectivity index (χ4v) is 4.30. The van der Waals surface area contributed by atoms with Gasteiger partial charge in [-0.2, -0.15) is 0 Å². The molecule has 1 N–H and O–H groups in total. The van der Waals surface area contributed by atoms with Crippen LogP contribution in [0, 0.1) is 6.92 Å². The molecule has 5 heteroatoms. The minimum Gasteiger partial charge on any atom is -0.411 e. The Morgan fingerprint density at radius 3 is 2.37 bits per heavy atom. The Bertz CT molecular complexity index is 972. The molecule has 0 aliphatic heterocycles. The topological polar surface area (TPSA) is 32.6 Å². The van der Waals surface area contributed by atoms with E-state index in [1.54, 1.807) is 12.1 Å². The number of aryl methyl sites for hydroxylation is 1. The van der Waals surface area contributed by atoms with E-state index in [2.05, 4.69) is 52.3 Å². The number of nitrogens with zero attached hydrogens (tertiary/aromatic N) is 1. The van der Waals surface area contributed by atoms with E-state index in [9.17, 15) is 5.21 Å². The van der Waals surface area contributed by atoms with E-state index < -0.39 is 5.41 Å². The first-order valence-electron chi connectivity index (χ1n) is 8.42. The summed E-state index contributed by atoms with van der Waals surface area (Å²) in [7, 11) is 0. The number of hydrogen-bond acceptors (Lipinski definition) is 2. The van der Waals surface area contributed by atoms with Crippen LogP contribution >= 0.6 is 39.1 Å². The van der Waals surface area contributed by atoms with Crippen LogP contribution in [-0.2, 0) is 5.41 Å². The molecule has 0 fully saturated rings. The van der Waals surface area contributed by atoms with Gasteiger partial charge in [0.05, 0.1) is 5.41 Å². The van der Waals surface area contributed by atoms with Crippen LogP contribution in [0.4, 0.5) is 0 Å². The molecule has 1 unspecified atom stereocenters. The van der Waals surface area contributed by atoms with Crippen LogP contribution < -0.4 is 0 Å². The zero-order chi connectivity index (χ0) is 19.4. The minimum absolute atomic E-state index is 0.427. The van der Waals surface area contributed by atoms with Gasteiger partial charge in [-0.1, -0.05) is 75.5 Å². The lowest BCUT2D eigenvalue weighted by molar-refractivity contribution is 0.319. The van der Waals surface area contributed by atoms with E-state index in [1.165, 1.54) is 6.21 Å². The Morgan fingerprint density at radius 1 is 1.00 bits per heavy atom. The SMILES string of the molecule is Cc1ccccc1C(C/C=N/O)(c1ccc(Br)cc1)c1cc(Cl)ccc1Cl. The predicted octanol–water partition coefficient (Wildman–Crippen LogP) is 7.25. The van der Waals surface area contributed by atoms with Crippen molar-refractivity contribution in [2.75, 3.05) is 0 Å². The van der Waals surface area contributed by atoms with E-state index in [1.807, 2.05) is 30.3 Å². The first-order chi connectivity index (χ1) is 13.0. The highest BCUT2D eigenvalue weighted by molar-refractivity contribution is 9.10. The molecule has 0 aliphatic carbocycles. The molecule has 138 valence electrons. The molecule has 27 heavy (non-hydrogen) atoms. The highest BCUT2D eigenvalue weighted by Crippen LogP contribution is 2.46. The molecule has 0 aliphatic rings. The summed E-state index contributed by atoms with van der Waals surface area (Å²) < 4.78 is 0.984. The van der Waals surface area contributed by atoms with Crippen molar-refractivity contribution in [1.29, 1.82) is 0 Å². The van der Waals surface area contributed by atoms with Crippen molar-refractivity contribution in [3.05, 3.63) is 104 Å². The Labute approximate surface area is 177 Å². The summed E-state index contributed by atoms with van der Waals surface area (Å²) in [4.78, 5) is 0. The summed E-state index contributed by atoms with van der Waals surface area (Å²) in [6.45, 7) is 2.07. The molecule has 3 aromatic rings. The zero-order valence-corrected chi connectivity index (χ0v) is 17.8. The largest absolute Gasteiger partial charge is 0.411 e. The molecular formula is C22H18BrCl2NO. The number of halogens is 3. The summed E-state index contributed by atoms with van der Waals surface area (Å²) in [6, 6.07) is 21.7. The van der Waals surface area contributed by atoms with Gasteiger partial charge < -0.3 is 5.21 Å². The second kappa shape index (κ2) is 8.47. The molecule has 0 aromatic heterocycles. The standard InChI is InChI=1S/C22H18BrCl2NO/c1-15-4-2-3-5-19(15)22(12-13-26-27,16-6-8-17(23)9-7-16)20-14-18(24)10-11-21(20)25/h2-11,13-14,27H,12H2,1H3/b26-13+. The van der Waals surface area contributed by atoms with Crippen LogP contribution in [0.3, 0.4) is 0 Å². The lowest BCUT2D eigenvalue weighted by Crippen LogP contribution is -2.31. The maximum absolute atomic E-state index is 9.21. The zero-order valence-electron chi connectivity index (χ0n) is 14.7. The van der Waals surface area contributed by atoms with Crippen molar-refractivity contribution in [2.24, 2.45) is 5.16 Å². The molecule has 2 nitrogen and oxygen atoms in total. The predicted molar refractivity (Wildman–Crippen MR) is 117 cm³/mol. The van der Waals surface area contributed by atoms with Gasteiger partial charge >= 0.3 is 0 Å². The summed E-state index contributed by atoms with van der Waals surface area (Å²) in [5.41, 5.74) is 3.44. The normalized spacial score (nSPS) is 13.6. The van der Waals surface area contributed by atoms with Gasteiger partial charge in [-0.15, -0.1) is 5.16 Å². The maximum Gasteiger partial charge on any atom is 0.0519 e. The van der Waals surface area contributed by atoms with E-state index in [4.69, 9.17) is 23.2 Å². The Balaban J connectivity index is 2.43. The first kappa shape index (κ1) is 19.9. The monoisotopic (exact) mass is 461 g/mol. The third kappa shape index (κ3) is 3.91. The van der Waals surface area contributed by atoms with Crippen LogP contribution in [-0.4, -0.2) is 11.4 Å². The van der Waals surface area contributed by atoms with Crippen LogP contribution in [0.15, 0.2) is 76.4 Å². The van der Waals surface area contributed by atoms with Gasteiger partial charge in [0.15, 0.2) is 0 Å². The van der Waals surface area contributed by atoms with E-state index >= 15 is 0 Å². The van der Waals surface area contributed by atoms with Crippen molar-refractivity contribution in [1.82, 2.24) is 0 Å². The van der Waals surface area contributed by atoms with E-state index in [0.29, 0.717) is 16.5 Å². The molecule has 0 heterocycles. The smallest absolute Gasteiger partial charge is 0.0519 e.